The van der Waals surface area contributed by atoms with Gasteiger partial charge in [0.1, 0.15) is 0 Å². The van der Waals surface area contributed by atoms with Crippen molar-refractivity contribution in [3.8, 4) is 77.9 Å². The van der Waals surface area contributed by atoms with Crippen LogP contribution < -0.4 is 9.80 Å². The molecule has 0 saturated carbocycles. The molecule has 0 heterocycles. The predicted octanol–water partition coefficient (Wildman–Crippen LogP) is 27.6. The van der Waals surface area contributed by atoms with E-state index in [0.717, 1.165) is 39.7 Å². The number of rotatable bonds is 10. The van der Waals surface area contributed by atoms with Crippen molar-refractivity contribution in [3.63, 3.8) is 0 Å². The molecule has 0 amide bonds. The smallest absolute Gasteiger partial charge is 0.0713 e. The largest absolute Gasteiger partial charge is 0.310 e. The molecule has 0 radical (unpaired) electrons. The fourth-order valence-corrected chi connectivity index (χ4v) is 19.1. The van der Waals surface area contributed by atoms with Gasteiger partial charge in [0.15, 0.2) is 0 Å². The Morgan fingerprint density at radius 2 is 0.635 bits per heavy atom. The van der Waals surface area contributed by atoms with E-state index in [1.807, 2.05) is 0 Å². The molecule has 4 aliphatic rings. The molecule has 0 fully saturated rings. The molecule has 0 saturated heterocycles. The van der Waals surface area contributed by atoms with Gasteiger partial charge < -0.3 is 9.80 Å². The first kappa shape index (κ1) is 61.7. The normalized spacial score (nSPS) is 14.2. The minimum absolute atomic E-state index is 0.0367. The van der Waals surface area contributed by atoms with Crippen molar-refractivity contribution in [2.24, 2.45) is 0 Å². The quantitative estimate of drug-likeness (QED) is 0.126. The van der Waals surface area contributed by atoms with Gasteiger partial charge in [-0.05, 0) is 251 Å². The lowest BCUT2D eigenvalue weighted by atomic mass is 9.67. The number of aryl methyl sites for hydroxylation is 1. The summed E-state index contributed by atoms with van der Waals surface area (Å²) in [5, 5.41) is 7.24. The molecule has 0 atom stereocenters. The predicted molar refractivity (Wildman–Crippen MR) is 439 cm³/mol. The summed E-state index contributed by atoms with van der Waals surface area (Å²) >= 11 is 0. The average Bonchev–Trinajstić information content (AvgIpc) is 1.40. The zero-order valence-corrected chi connectivity index (χ0v) is 60.1. The Labute approximate surface area is 610 Å². The summed E-state index contributed by atoms with van der Waals surface area (Å²) in [5.41, 5.74) is 36.1. The Morgan fingerprint density at radius 3 is 1.18 bits per heavy atom. The van der Waals surface area contributed by atoms with E-state index in [1.165, 1.54) is 160 Å². The van der Waals surface area contributed by atoms with Crippen molar-refractivity contribution in [1.82, 2.24) is 0 Å². The van der Waals surface area contributed by atoms with E-state index in [2.05, 4.69) is 393 Å². The number of anilines is 6. The number of hydrogen-bond acceptors (Lipinski definition) is 2. The van der Waals surface area contributed by atoms with Crippen LogP contribution >= 0.6 is 0 Å². The first-order valence-electron chi connectivity index (χ1n) is 37.0. The molecule has 0 N–H and O–H groups in total. The molecule has 0 bridgehead atoms. The van der Waals surface area contributed by atoms with Crippen LogP contribution in [0.2, 0.25) is 0 Å². The first-order valence-corrected chi connectivity index (χ1v) is 37.0. The minimum Gasteiger partial charge on any atom is -0.310 e. The Hall–Kier alpha value is -12.1. The number of fused-ring (bicyclic) bond motifs is 14. The minimum atomic E-state index is -0.631. The lowest BCUT2D eigenvalue weighted by Crippen LogP contribution is -2.28. The molecule has 496 valence electrons. The summed E-state index contributed by atoms with van der Waals surface area (Å²) in [4.78, 5) is 5.04. The molecular weight excluding hydrogens is 1250 g/mol. The van der Waals surface area contributed by atoms with E-state index >= 15 is 0 Å². The van der Waals surface area contributed by atoms with Crippen molar-refractivity contribution < 1.29 is 0 Å². The van der Waals surface area contributed by atoms with Gasteiger partial charge >= 0.3 is 0 Å². The van der Waals surface area contributed by atoms with E-state index in [0.29, 0.717) is 0 Å². The third kappa shape index (κ3) is 8.94. The van der Waals surface area contributed by atoms with Crippen molar-refractivity contribution in [3.05, 3.63) is 383 Å². The zero-order valence-electron chi connectivity index (χ0n) is 60.1. The van der Waals surface area contributed by atoms with Gasteiger partial charge in [0.2, 0.25) is 0 Å². The van der Waals surface area contributed by atoms with Crippen molar-refractivity contribution in [1.29, 1.82) is 0 Å². The molecule has 16 aromatic carbocycles. The maximum atomic E-state index is 2.59. The Bertz CT molecular complexity index is 6190. The third-order valence-corrected chi connectivity index (χ3v) is 24.1. The third-order valence-electron chi connectivity index (χ3n) is 24.1. The highest BCUT2D eigenvalue weighted by molar-refractivity contribution is 6.27. The Balaban J connectivity index is 0.915. The summed E-state index contributed by atoms with van der Waals surface area (Å²) in [6.45, 7) is 18.7. The van der Waals surface area contributed by atoms with Gasteiger partial charge in [-0.2, -0.15) is 0 Å². The summed E-state index contributed by atoms with van der Waals surface area (Å²) in [5.74, 6) is 0. The van der Waals surface area contributed by atoms with Gasteiger partial charge in [-0.15, -0.1) is 0 Å². The van der Waals surface area contributed by atoms with Gasteiger partial charge in [-0.25, -0.2) is 0 Å². The van der Waals surface area contributed by atoms with E-state index in [4.69, 9.17) is 0 Å². The molecule has 2 nitrogen and oxygen atoms in total. The summed E-state index contributed by atoms with van der Waals surface area (Å²) in [6, 6.07) is 126. The Kier molecular flexibility index (Phi) is 13.5. The van der Waals surface area contributed by atoms with Crippen LogP contribution in [0.25, 0.3) is 110 Å². The van der Waals surface area contributed by atoms with Gasteiger partial charge in [0.25, 0.3) is 0 Å². The van der Waals surface area contributed by atoms with Crippen LogP contribution in [0.15, 0.2) is 328 Å². The monoisotopic (exact) mass is 1330 g/mol. The number of benzene rings is 16. The van der Waals surface area contributed by atoms with E-state index < -0.39 is 5.41 Å². The van der Waals surface area contributed by atoms with E-state index in [-0.39, 0.29) is 16.2 Å². The van der Waals surface area contributed by atoms with Crippen LogP contribution in [-0.4, -0.2) is 0 Å². The van der Waals surface area contributed by atoms with Crippen LogP contribution in [-0.2, 0) is 21.7 Å². The zero-order chi connectivity index (χ0) is 70.1. The molecular formula is C102H78N2. The van der Waals surface area contributed by atoms with E-state index in [9.17, 15) is 0 Å². The maximum Gasteiger partial charge on any atom is 0.0713 e. The van der Waals surface area contributed by atoms with Crippen molar-refractivity contribution in [2.45, 2.75) is 77.0 Å². The first-order chi connectivity index (χ1) is 50.6. The molecule has 0 unspecified atom stereocenters. The fraction of sp³-hybridized carbons (Fsp3) is 0.118. The lowest BCUT2D eigenvalue weighted by Gasteiger charge is -2.34. The second-order valence-electron chi connectivity index (χ2n) is 31.5. The topological polar surface area (TPSA) is 6.48 Å². The van der Waals surface area contributed by atoms with Gasteiger partial charge in [-0.1, -0.05) is 303 Å². The highest BCUT2D eigenvalue weighted by atomic mass is 15.1. The van der Waals surface area contributed by atoms with Crippen molar-refractivity contribution in [2.75, 3.05) is 9.80 Å². The second kappa shape index (κ2) is 22.7. The average molecular weight is 1330 g/mol. The van der Waals surface area contributed by atoms with Gasteiger partial charge in [0.05, 0.1) is 5.41 Å². The summed E-state index contributed by atoms with van der Waals surface area (Å²) in [6.07, 6.45) is 0. The van der Waals surface area contributed by atoms with Gasteiger partial charge in [-0.3, -0.25) is 0 Å². The molecule has 0 spiro atoms. The number of nitrogens with zero attached hydrogens (tertiary/aromatic N) is 2. The SMILES string of the molecule is Cc1ccc(N(c2ccc3c(c2)C(C)(C)c2ccccc2-3)c2ccc3c(-c4ccc5c(c4)C(c4ccccc4)(c4ccccc4)c4ccccc4-5)c4cc(N(c5ccc(C(C)(C)C)cc5)c5ccc6c(c5)C(C)(C)c5ccccc5-6)ccc4c(-c4ccc5c6c(cccc46)-c4ccccc4-5)c3c2)cc1. The molecule has 2 heteroatoms. The molecule has 104 heavy (non-hydrogen) atoms. The molecule has 0 aliphatic heterocycles. The second-order valence-corrected chi connectivity index (χ2v) is 31.5. The highest BCUT2D eigenvalue weighted by Gasteiger charge is 2.47. The highest BCUT2D eigenvalue weighted by Crippen LogP contribution is 2.60. The van der Waals surface area contributed by atoms with Crippen LogP contribution in [0.5, 0.6) is 0 Å². The standard InChI is InChI=1S/C102H78N2/c1-63-38-43-68(44-39-63)103(72-47-52-79-76-30-17-20-35-90(76)100(5,6)93(79)61-72)71-49-54-86-89(60-71)98(85-57-56-84-75-29-16-15-28-74(75)82-33-23-34-83(85)97(82)84)87-55-50-70(104(69-45-41-65(42-46-69)99(2,3)4)73-48-53-80-77-31-18-21-36-91(77)101(7,8)94(80)62-73)59-88(87)96(86)64-40-51-81-78-32-19-22-37-92(78)102(95(81)58-64,66-24-11-9-12-25-66)67-26-13-10-14-27-67/h9-62H,1-8H3. The fourth-order valence-electron chi connectivity index (χ4n) is 19.1. The van der Waals surface area contributed by atoms with Crippen LogP contribution in [0, 0.1) is 6.92 Å². The Morgan fingerprint density at radius 1 is 0.250 bits per heavy atom. The molecule has 0 aromatic heterocycles. The van der Waals surface area contributed by atoms with Crippen LogP contribution in [0.4, 0.5) is 34.1 Å². The number of hydrogen-bond donors (Lipinski definition) is 0. The molecule has 4 aliphatic carbocycles. The summed E-state index contributed by atoms with van der Waals surface area (Å²) < 4.78 is 0. The van der Waals surface area contributed by atoms with Crippen LogP contribution in [0.1, 0.15) is 104 Å². The molecule has 20 rings (SSSR count). The van der Waals surface area contributed by atoms with Gasteiger partial charge in [0, 0.05) is 45.0 Å². The van der Waals surface area contributed by atoms with E-state index in [1.54, 1.807) is 0 Å². The maximum absolute atomic E-state index is 2.59. The molecule has 16 aromatic rings. The van der Waals surface area contributed by atoms with Crippen molar-refractivity contribution >= 4 is 66.4 Å². The van der Waals surface area contributed by atoms with Crippen LogP contribution in [0.3, 0.4) is 0 Å². The summed E-state index contributed by atoms with van der Waals surface area (Å²) in [7, 11) is 0. The lowest BCUT2D eigenvalue weighted by molar-refractivity contribution is 0.590.